The number of carboxylic acids is 1. The highest BCUT2D eigenvalue weighted by Gasteiger charge is 2.21. The predicted octanol–water partition coefficient (Wildman–Crippen LogP) is 2.89. The minimum absolute atomic E-state index is 0.237. The van der Waals surface area contributed by atoms with Crippen LogP contribution >= 0.6 is 0 Å². The van der Waals surface area contributed by atoms with Crippen molar-refractivity contribution in [1.29, 1.82) is 0 Å². The Hall–Kier alpha value is -3.02. The fourth-order valence-corrected chi connectivity index (χ4v) is 2.16. The van der Waals surface area contributed by atoms with Gasteiger partial charge >= 0.3 is 5.97 Å². The first-order valence-corrected chi connectivity index (χ1v) is 6.78. The number of ether oxygens (including phenoxy) is 1. The standard InChI is InChI=1S/C16H15N3O3/c1-9-15(18-12-5-2-10(3-6-12)16(20)21)19-13-7-4-11(17)8-14(13)22-9/h2-9H,17H2,1H3,(H,18,19)(H,20,21). The number of nitrogens with two attached hydrogens (primary N) is 1. The van der Waals surface area contributed by atoms with Gasteiger partial charge in [-0.15, -0.1) is 0 Å². The summed E-state index contributed by atoms with van der Waals surface area (Å²) < 4.78 is 5.79. The Morgan fingerprint density at radius 2 is 2.00 bits per heavy atom. The van der Waals surface area contributed by atoms with Gasteiger partial charge in [-0.05, 0) is 43.3 Å². The molecule has 2 aromatic carbocycles. The molecule has 0 saturated heterocycles. The smallest absolute Gasteiger partial charge is 0.335 e. The number of rotatable bonds is 2. The SMILES string of the molecule is CC1Oc2cc(N)ccc2N=C1Nc1ccc(C(=O)O)cc1. The summed E-state index contributed by atoms with van der Waals surface area (Å²) in [6.45, 7) is 1.88. The van der Waals surface area contributed by atoms with Crippen molar-refractivity contribution in [2.24, 2.45) is 4.99 Å². The van der Waals surface area contributed by atoms with Crippen molar-refractivity contribution in [3.63, 3.8) is 0 Å². The van der Waals surface area contributed by atoms with Crippen LogP contribution in [0.4, 0.5) is 17.1 Å². The largest absolute Gasteiger partial charge is 0.480 e. The number of hydrogen-bond acceptors (Lipinski definition) is 5. The average Bonchev–Trinajstić information content (AvgIpc) is 2.49. The molecule has 112 valence electrons. The Morgan fingerprint density at radius 1 is 1.27 bits per heavy atom. The molecule has 0 saturated carbocycles. The number of anilines is 2. The van der Waals surface area contributed by atoms with Gasteiger partial charge in [-0.25, -0.2) is 9.79 Å². The molecule has 1 unspecified atom stereocenters. The van der Waals surface area contributed by atoms with Crippen LogP contribution in [0, 0.1) is 0 Å². The highest BCUT2D eigenvalue weighted by molar-refractivity contribution is 6.02. The lowest BCUT2D eigenvalue weighted by molar-refractivity contribution is 0.0697. The maximum atomic E-state index is 10.8. The summed E-state index contributed by atoms with van der Waals surface area (Å²) in [5.74, 6) is 0.351. The molecular weight excluding hydrogens is 282 g/mol. The van der Waals surface area contributed by atoms with Crippen LogP contribution in [0.15, 0.2) is 47.5 Å². The van der Waals surface area contributed by atoms with Crippen LogP contribution in [0.1, 0.15) is 17.3 Å². The van der Waals surface area contributed by atoms with Gasteiger partial charge in [0.15, 0.2) is 6.10 Å². The number of amidine groups is 1. The van der Waals surface area contributed by atoms with E-state index in [0.717, 1.165) is 5.69 Å². The molecule has 1 atom stereocenters. The maximum Gasteiger partial charge on any atom is 0.335 e. The second kappa shape index (κ2) is 5.40. The molecule has 2 aromatic rings. The van der Waals surface area contributed by atoms with Gasteiger partial charge in [-0.3, -0.25) is 0 Å². The molecule has 0 aromatic heterocycles. The second-order valence-electron chi connectivity index (χ2n) is 4.99. The number of carbonyl (C=O) groups is 1. The number of carboxylic acid groups (broad SMARTS) is 1. The number of benzene rings is 2. The van der Waals surface area contributed by atoms with E-state index in [1.165, 1.54) is 12.1 Å². The number of aromatic carboxylic acids is 1. The van der Waals surface area contributed by atoms with Gasteiger partial charge < -0.3 is 20.9 Å². The maximum absolute atomic E-state index is 10.8. The Morgan fingerprint density at radius 3 is 2.68 bits per heavy atom. The topological polar surface area (TPSA) is 96.9 Å². The van der Waals surface area contributed by atoms with Crippen LogP contribution in [-0.2, 0) is 0 Å². The van der Waals surface area contributed by atoms with E-state index in [1.807, 2.05) is 6.92 Å². The zero-order valence-corrected chi connectivity index (χ0v) is 11.9. The lowest BCUT2D eigenvalue weighted by Gasteiger charge is -2.24. The normalized spacial score (nSPS) is 16.2. The fourth-order valence-electron chi connectivity index (χ4n) is 2.16. The van der Waals surface area contributed by atoms with E-state index in [4.69, 9.17) is 15.6 Å². The van der Waals surface area contributed by atoms with Gasteiger partial charge in [0.25, 0.3) is 0 Å². The first-order valence-electron chi connectivity index (χ1n) is 6.78. The molecule has 0 fully saturated rings. The molecule has 4 N–H and O–H groups in total. The van der Waals surface area contributed by atoms with Gasteiger partial charge in [-0.1, -0.05) is 0 Å². The van der Waals surface area contributed by atoms with Gasteiger partial charge in [0.05, 0.1) is 5.56 Å². The molecule has 22 heavy (non-hydrogen) atoms. The lowest BCUT2D eigenvalue weighted by Crippen LogP contribution is -2.32. The average molecular weight is 297 g/mol. The molecule has 1 aliphatic heterocycles. The number of nitrogen functional groups attached to an aromatic ring is 1. The van der Waals surface area contributed by atoms with Crippen molar-refractivity contribution in [2.45, 2.75) is 13.0 Å². The third-order valence-corrected chi connectivity index (χ3v) is 3.32. The molecule has 1 heterocycles. The minimum atomic E-state index is -0.954. The molecule has 6 nitrogen and oxygen atoms in total. The van der Waals surface area contributed by atoms with Crippen molar-refractivity contribution in [1.82, 2.24) is 0 Å². The Balaban J connectivity index is 1.85. The summed E-state index contributed by atoms with van der Waals surface area (Å²) in [6, 6.07) is 11.8. The van der Waals surface area contributed by atoms with E-state index in [1.54, 1.807) is 30.3 Å². The van der Waals surface area contributed by atoms with E-state index in [0.29, 0.717) is 23.0 Å². The van der Waals surface area contributed by atoms with Crippen LogP contribution in [0.5, 0.6) is 5.75 Å². The van der Waals surface area contributed by atoms with Crippen LogP contribution in [0.2, 0.25) is 0 Å². The molecule has 0 bridgehead atoms. The van der Waals surface area contributed by atoms with Crippen molar-refractivity contribution in [2.75, 3.05) is 11.1 Å². The minimum Gasteiger partial charge on any atom is -0.480 e. The first-order chi connectivity index (χ1) is 10.5. The molecule has 0 radical (unpaired) electrons. The molecule has 3 rings (SSSR count). The number of aliphatic imine (C=N–C) groups is 1. The number of nitrogens with one attached hydrogen (secondary N) is 1. The summed E-state index contributed by atoms with van der Waals surface area (Å²) in [7, 11) is 0. The number of nitrogens with zero attached hydrogens (tertiary/aromatic N) is 1. The summed E-state index contributed by atoms with van der Waals surface area (Å²) in [6.07, 6.45) is -0.256. The predicted molar refractivity (Wildman–Crippen MR) is 85.1 cm³/mol. The van der Waals surface area contributed by atoms with E-state index in [-0.39, 0.29) is 11.7 Å². The van der Waals surface area contributed by atoms with Gasteiger partial charge in [0.1, 0.15) is 17.3 Å². The molecule has 0 spiro atoms. The summed E-state index contributed by atoms with van der Waals surface area (Å²) in [4.78, 5) is 15.4. The van der Waals surface area contributed by atoms with Crippen LogP contribution < -0.4 is 15.8 Å². The summed E-state index contributed by atoms with van der Waals surface area (Å²) in [5, 5.41) is 12.0. The van der Waals surface area contributed by atoms with Crippen molar-refractivity contribution >= 4 is 28.9 Å². The third kappa shape index (κ3) is 2.71. The van der Waals surface area contributed by atoms with Crippen LogP contribution in [0.3, 0.4) is 0 Å². The first kappa shape index (κ1) is 13.9. The summed E-state index contributed by atoms with van der Waals surface area (Å²) in [5.41, 5.74) is 8.05. The van der Waals surface area contributed by atoms with Crippen molar-refractivity contribution < 1.29 is 14.6 Å². The summed E-state index contributed by atoms with van der Waals surface area (Å²) >= 11 is 0. The van der Waals surface area contributed by atoms with Crippen LogP contribution in [0.25, 0.3) is 0 Å². The van der Waals surface area contributed by atoms with Crippen molar-refractivity contribution in [3.8, 4) is 5.75 Å². The fraction of sp³-hybridized carbons (Fsp3) is 0.125. The highest BCUT2D eigenvalue weighted by Crippen LogP contribution is 2.34. The molecule has 1 aliphatic rings. The van der Waals surface area contributed by atoms with Gasteiger partial charge in [-0.2, -0.15) is 0 Å². The molecule has 6 heteroatoms. The quantitative estimate of drug-likeness (QED) is 0.740. The Kier molecular flexibility index (Phi) is 3.42. The second-order valence-corrected chi connectivity index (χ2v) is 4.99. The monoisotopic (exact) mass is 297 g/mol. The molecule has 0 aliphatic carbocycles. The molecule has 0 amide bonds. The zero-order valence-electron chi connectivity index (χ0n) is 11.9. The van der Waals surface area contributed by atoms with E-state index >= 15 is 0 Å². The number of fused-ring (bicyclic) bond motifs is 1. The lowest BCUT2D eigenvalue weighted by atomic mass is 10.2. The van der Waals surface area contributed by atoms with E-state index in [2.05, 4.69) is 10.3 Å². The highest BCUT2D eigenvalue weighted by atomic mass is 16.5. The number of hydrogen-bond donors (Lipinski definition) is 3. The van der Waals surface area contributed by atoms with Gasteiger partial charge in [0, 0.05) is 17.4 Å². The Labute approximate surface area is 127 Å². The van der Waals surface area contributed by atoms with Crippen LogP contribution in [-0.4, -0.2) is 23.0 Å². The molecular formula is C16H15N3O3. The van der Waals surface area contributed by atoms with Crippen molar-refractivity contribution in [3.05, 3.63) is 48.0 Å². The Bertz CT molecular complexity index is 754. The van der Waals surface area contributed by atoms with Gasteiger partial charge in [0.2, 0.25) is 0 Å². The van der Waals surface area contributed by atoms with E-state index in [9.17, 15) is 4.79 Å². The third-order valence-electron chi connectivity index (χ3n) is 3.32. The van der Waals surface area contributed by atoms with E-state index < -0.39 is 5.97 Å². The zero-order chi connectivity index (χ0) is 15.7.